The summed E-state index contributed by atoms with van der Waals surface area (Å²) in [5.41, 5.74) is 1.42. The molecule has 20 heavy (non-hydrogen) atoms. The third-order valence-electron chi connectivity index (χ3n) is 3.18. The minimum absolute atomic E-state index is 0.0698. The fourth-order valence-electron chi connectivity index (χ4n) is 1.87. The molecule has 0 saturated carbocycles. The van der Waals surface area contributed by atoms with E-state index in [9.17, 15) is 0 Å². The Labute approximate surface area is 118 Å². The highest BCUT2D eigenvalue weighted by Crippen LogP contribution is 2.23. The second-order valence-electron chi connectivity index (χ2n) is 4.72. The van der Waals surface area contributed by atoms with Gasteiger partial charge in [-0.2, -0.15) is 15.2 Å². The number of nitrogens with zero attached hydrogens (tertiary/aromatic N) is 5. The van der Waals surface area contributed by atoms with Crippen LogP contribution in [0.4, 0.5) is 11.8 Å². The first-order valence-corrected chi connectivity index (χ1v) is 6.72. The second kappa shape index (κ2) is 6.19. The van der Waals surface area contributed by atoms with Crippen LogP contribution < -0.4 is 10.2 Å². The number of fused-ring (bicyclic) bond motifs is 1. The molecule has 2 heterocycles. The molecule has 0 spiro atoms. The summed E-state index contributed by atoms with van der Waals surface area (Å²) in [6.07, 6.45) is 3.04. The Hall–Kier alpha value is -2.36. The fraction of sp³-hybridized carbons (Fsp3) is 0.538. The molecule has 2 aromatic heterocycles. The lowest BCUT2D eigenvalue weighted by Gasteiger charge is -2.24. The number of nitrogens with one attached hydrogen (secondary N) is 2. The first kappa shape index (κ1) is 14.1. The van der Waals surface area contributed by atoms with Crippen LogP contribution in [0.5, 0.6) is 0 Å². The van der Waals surface area contributed by atoms with Gasteiger partial charge in [-0.1, -0.05) is 6.92 Å². The molecule has 2 rings (SSSR count). The van der Waals surface area contributed by atoms with Gasteiger partial charge in [0.25, 0.3) is 0 Å². The number of hydrogen-bond acceptors (Lipinski definition) is 6. The van der Waals surface area contributed by atoms with Crippen molar-refractivity contribution in [2.75, 3.05) is 23.8 Å². The molecule has 0 bridgehead atoms. The molecule has 2 N–H and O–H groups in total. The zero-order valence-electron chi connectivity index (χ0n) is 12.0. The van der Waals surface area contributed by atoms with Gasteiger partial charge in [-0.15, -0.1) is 0 Å². The topological polar surface area (TPSA) is 93.5 Å². The standard InChI is InChI=1S/C13H19N7/c1-4-7-15-13-18-11-10(16-8-17-11)12(19-13)20(3)9(2)5-6-14/h8-9H,4-5,7H2,1-3H3,(H2,15,16,17,18,19). The van der Waals surface area contributed by atoms with Crippen molar-refractivity contribution in [2.24, 2.45) is 0 Å². The molecule has 0 aliphatic rings. The van der Waals surface area contributed by atoms with Crippen LogP contribution in [0.15, 0.2) is 6.33 Å². The van der Waals surface area contributed by atoms with Gasteiger partial charge in [0.05, 0.1) is 18.8 Å². The van der Waals surface area contributed by atoms with Crippen LogP contribution in [-0.4, -0.2) is 39.6 Å². The minimum atomic E-state index is 0.0698. The van der Waals surface area contributed by atoms with Crippen molar-refractivity contribution in [1.82, 2.24) is 19.9 Å². The summed E-state index contributed by atoms with van der Waals surface area (Å²) in [4.78, 5) is 18.1. The molecule has 0 aliphatic carbocycles. The van der Waals surface area contributed by atoms with Gasteiger partial charge >= 0.3 is 0 Å². The van der Waals surface area contributed by atoms with E-state index in [4.69, 9.17) is 5.26 Å². The summed E-state index contributed by atoms with van der Waals surface area (Å²) < 4.78 is 0. The third kappa shape index (κ3) is 2.79. The monoisotopic (exact) mass is 273 g/mol. The number of aromatic amines is 1. The molecule has 2 aromatic rings. The highest BCUT2D eigenvalue weighted by molar-refractivity contribution is 5.84. The number of imidazole rings is 1. The number of rotatable bonds is 6. The smallest absolute Gasteiger partial charge is 0.226 e. The molecule has 7 heteroatoms. The van der Waals surface area contributed by atoms with E-state index in [1.807, 2.05) is 18.9 Å². The lowest BCUT2D eigenvalue weighted by atomic mass is 10.2. The maximum Gasteiger partial charge on any atom is 0.226 e. The second-order valence-corrected chi connectivity index (χ2v) is 4.72. The van der Waals surface area contributed by atoms with Crippen molar-refractivity contribution >= 4 is 22.9 Å². The molecule has 0 amide bonds. The van der Waals surface area contributed by atoms with Crippen LogP contribution in [0.3, 0.4) is 0 Å². The van der Waals surface area contributed by atoms with Gasteiger partial charge in [-0.3, -0.25) is 0 Å². The summed E-state index contributed by atoms with van der Waals surface area (Å²) in [7, 11) is 1.92. The number of nitriles is 1. The maximum absolute atomic E-state index is 8.83. The summed E-state index contributed by atoms with van der Waals surface area (Å²) in [6.45, 7) is 4.89. The predicted octanol–water partition coefficient (Wildman–Crippen LogP) is 1.91. The van der Waals surface area contributed by atoms with Crippen molar-refractivity contribution in [2.45, 2.75) is 32.7 Å². The largest absolute Gasteiger partial charge is 0.354 e. The van der Waals surface area contributed by atoms with Gasteiger partial charge < -0.3 is 15.2 Å². The molecule has 1 unspecified atom stereocenters. The molecule has 0 aromatic carbocycles. The van der Waals surface area contributed by atoms with Crippen molar-refractivity contribution < 1.29 is 0 Å². The quantitative estimate of drug-likeness (QED) is 0.835. The van der Waals surface area contributed by atoms with Gasteiger partial charge in [-0.25, -0.2) is 4.98 Å². The van der Waals surface area contributed by atoms with Crippen molar-refractivity contribution in [3.05, 3.63) is 6.33 Å². The highest BCUT2D eigenvalue weighted by atomic mass is 15.2. The average molecular weight is 273 g/mol. The molecular weight excluding hydrogens is 254 g/mol. The van der Waals surface area contributed by atoms with Gasteiger partial charge in [0.2, 0.25) is 5.95 Å². The molecule has 0 saturated heterocycles. The van der Waals surface area contributed by atoms with Crippen molar-refractivity contribution in [3.63, 3.8) is 0 Å². The number of anilines is 2. The van der Waals surface area contributed by atoms with Crippen LogP contribution in [0, 0.1) is 11.3 Å². The van der Waals surface area contributed by atoms with Crippen LogP contribution >= 0.6 is 0 Å². The molecule has 7 nitrogen and oxygen atoms in total. The molecular formula is C13H19N7. The van der Waals surface area contributed by atoms with E-state index in [-0.39, 0.29) is 6.04 Å². The molecule has 1 atom stereocenters. The summed E-state index contributed by atoms with van der Waals surface area (Å²) in [6, 6.07) is 2.25. The average Bonchev–Trinajstić information content (AvgIpc) is 2.91. The lowest BCUT2D eigenvalue weighted by molar-refractivity contribution is 0.695. The van der Waals surface area contributed by atoms with Gasteiger partial charge in [0.1, 0.15) is 5.52 Å². The van der Waals surface area contributed by atoms with Crippen molar-refractivity contribution in [1.29, 1.82) is 5.26 Å². The Morgan fingerprint density at radius 3 is 3.00 bits per heavy atom. The minimum Gasteiger partial charge on any atom is -0.354 e. The summed E-state index contributed by atoms with van der Waals surface area (Å²) >= 11 is 0. The van der Waals surface area contributed by atoms with E-state index in [2.05, 4.69) is 38.2 Å². The normalized spacial score (nSPS) is 12.1. The summed E-state index contributed by atoms with van der Waals surface area (Å²) in [5.74, 6) is 1.33. The highest BCUT2D eigenvalue weighted by Gasteiger charge is 2.17. The lowest BCUT2D eigenvalue weighted by Crippen LogP contribution is -2.29. The van der Waals surface area contributed by atoms with E-state index in [0.717, 1.165) is 24.3 Å². The van der Waals surface area contributed by atoms with Crippen LogP contribution in [0.2, 0.25) is 0 Å². The molecule has 0 radical (unpaired) electrons. The van der Waals surface area contributed by atoms with Gasteiger partial charge in [-0.05, 0) is 13.3 Å². The van der Waals surface area contributed by atoms with Gasteiger partial charge in [0.15, 0.2) is 11.5 Å². The Kier molecular flexibility index (Phi) is 4.35. The predicted molar refractivity (Wildman–Crippen MR) is 78.6 cm³/mol. The Balaban J connectivity index is 2.39. The Bertz CT molecular complexity index is 613. The fourth-order valence-corrected chi connectivity index (χ4v) is 1.87. The molecule has 106 valence electrons. The summed E-state index contributed by atoms with van der Waals surface area (Å²) in [5, 5.41) is 12.0. The number of H-pyrrole nitrogens is 1. The van der Waals surface area contributed by atoms with E-state index in [1.165, 1.54) is 0 Å². The first-order valence-electron chi connectivity index (χ1n) is 6.72. The number of hydrogen-bond donors (Lipinski definition) is 2. The van der Waals surface area contributed by atoms with Crippen LogP contribution in [0.1, 0.15) is 26.7 Å². The van der Waals surface area contributed by atoms with Crippen molar-refractivity contribution in [3.8, 4) is 6.07 Å². The molecule has 0 aliphatic heterocycles. The molecule has 0 fully saturated rings. The zero-order valence-corrected chi connectivity index (χ0v) is 12.0. The Morgan fingerprint density at radius 2 is 2.30 bits per heavy atom. The maximum atomic E-state index is 8.83. The first-order chi connectivity index (χ1) is 9.67. The number of aromatic nitrogens is 4. The van der Waals surface area contributed by atoms with Crippen LogP contribution in [0.25, 0.3) is 11.2 Å². The van der Waals surface area contributed by atoms with Gasteiger partial charge in [0, 0.05) is 19.6 Å². The van der Waals surface area contributed by atoms with E-state index in [1.54, 1.807) is 6.33 Å². The van der Waals surface area contributed by atoms with E-state index >= 15 is 0 Å². The SMILES string of the molecule is CCCNc1nc(N(C)C(C)CC#N)c2[nH]cnc2n1. The van der Waals surface area contributed by atoms with E-state index < -0.39 is 0 Å². The van der Waals surface area contributed by atoms with Crippen LogP contribution in [-0.2, 0) is 0 Å². The Morgan fingerprint density at radius 1 is 1.50 bits per heavy atom. The third-order valence-corrected chi connectivity index (χ3v) is 3.18. The zero-order chi connectivity index (χ0) is 14.5. The van der Waals surface area contributed by atoms with E-state index in [0.29, 0.717) is 18.0 Å².